The van der Waals surface area contributed by atoms with Crippen LogP contribution in [0.3, 0.4) is 0 Å². The van der Waals surface area contributed by atoms with Gasteiger partial charge < -0.3 is 20.3 Å². The molecule has 0 rings (SSSR count). The Kier molecular flexibility index (Phi) is 68.4. The van der Waals surface area contributed by atoms with Gasteiger partial charge in [0.15, 0.2) is 0 Å². The fourth-order valence-corrected chi connectivity index (χ4v) is 11.6. The van der Waals surface area contributed by atoms with Crippen molar-refractivity contribution in [2.45, 2.75) is 424 Å². The first kappa shape index (κ1) is 78.3. The SMILES string of the molecule is CCCCCCCCCCCCC/C=C/C(O)C(CO)NC(=O)CCCCCCCCCCCCCCCCC/C=C\CCCCCCCCCCCCCCOC(=O)CCCCCCCCCCCCCCCCCCCCC. The first-order chi connectivity index (χ1) is 39.5. The molecule has 6 nitrogen and oxygen atoms in total. The quantitative estimate of drug-likeness (QED) is 0.0320. The van der Waals surface area contributed by atoms with Crippen LogP contribution < -0.4 is 5.32 Å². The lowest BCUT2D eigenvalue weighted by Crippen LogP contribution is -2.45. The van der Waals surface area contributed by atoms with Crippen molar-refractivity contribution in [1.82, 2.24) is 5.32 Å². The van der Waals surface area contributed by atoms with Gasteiger partial charge in [-0.2, -0.15) is 0 Å². The summed E-state index contributed by atoms with van der Waals surface area (Å²) in [5, 5.41) is 23.1. The molecule has 0 aliphatic rings. The Morgan fingerprint density at radius 1 is 0.338 bits per heavy atom. The highest BCUT2D eigenvalue weighted by atomic mass is 16.5. The van der Waals surface area contributed by atoms with E-state index in [9.17, 15) is 19.8 Å². The van der Waals surface area contributed by atoms with Gasteiger partial charge in [-0.15, -0.1) is 0 Å². The van der Waals surface area contributed by atoms with Crippen molar-refractivity contribution >= 4 is 11.9 Å². The van der Waals surface area contributed by atoms with E-state index in [2.05, 4.69) is 31.3 Å². The number of hydrogen-bond donors (Lipinski definition) is 3. The van der Waals surface area contributed by atoms with Crippen LogP contribution in [-0.2, 0) is 14.3 Å². The lowest BCUT2D eigenvalue weighted by molar-refractivity contribution is -0.143. The van der Waals surface area contributed by atoms with Crippen LogP contribution in [0.5, 0.6) is 0 Å². The third-order valence-corrected chi connectivity index (χ3v) is 17.2. The van der Waals surface area contributed by atoms with Crippen LogP contribution in [0.15, 0.2) is 24.3 Å². The number of esters is 1. The molecule has 0 bridgehead atoms. The molecular weight excluding hydrogens is 983 g/mol. The number of aliphatic hydroxyl groups is 2. The van der Waals surface area contributed by atoms with Gasteiger partial charge in [-0.05, 0) is 57.8 Å². The lowest BCUT2D eigenvalue weighted by Gasteiger charge is -2.20. The highest BCUT2D eigenvalue weighted by Gasteiger charge is 2.18. The van der Waals surface area contributed by atoms with Crippen molar-refractivity contribution in [3.8, 4) is 0 Å². The molecule has 474 valence electrons. The molecule has 0 spiro atoms. The maximum Gasteiger partial charge on any atom is 0.305 e. The summed E-state index contributed by atoms with van der Waals surface area (Å²) >= 11 is 0. The van der Waals surface area contributed by atoms with Crippen LogP contribution in [-0.4, -0.2) is 47.4 Å². The van der Waals surface area contributed by atoms with E-state index in [1.54, 1.807) is 6.08 Å². The number of aliphatic hydroxyl groups excluding tert-OH is 2. The molecule has 0 radical (unpaired) electrons. The van der Waals surface area contributed by atoms with Gasteiger partial charge in [-0.3, -0.25) is 9.59 Å². The van der Waals surface area contributed by atoms with E-state index >= 15 is 0 Å². The minimum atomic E-state index is -0.842. The van der Waals surface area contributed by atoms with Crippen molar-refractivity contribution in [1.29, 1.82) is 0 Å². The van der Waals surface area contributed by atoms with Gasteiger partial charge in [-0.1, -0.05) is 366 Å². The molecule has 1 amide bonds. The molecule has 0 saturated carbocycles. The second kappa shape index (κ2) is 69.8. The topological polar surface area (TPSA) is 95.9 Å². The van der Waals surface area contributed by atoms with Gasteiger partial charge in [-0.25, -0.2) is 0 Å². The van der Waals surface area contributed by atoms with E-state index < -0.39 is 12.1 Å². The van der Waals surface area contributed by atoms with Crippen LogP contribution in [0.25, 0.3) is 0 Å². The van der Waals surface area contributed by atoms with Gasteiger partial charge >= 0.3 is 5.97 Å². The second-order valence-electron chi connectivity index (χ2n) is 25.3. The number of amides is 1. The molecule has 6 heteroatoms. The summed E-state index contributed by atoms with van der Waals surface area (Å²) in [6.45, 7) is 4.94. The summed E-state index contributed by atoms with van der Waals surface area (Å²) in [5.74, 6) is -0.0412. The molecule has 0 aromatic heterocycles. The lowest BCUT2D eigenvalue weighted by atomic mass is 10.0. The van der Waals surface area contributed by atoms with Gasteiger partial charge in [0.25, 0.3) is 0 Å². The average molecular weight is 1130 g/mol. The largest absolute Gasteiger partial charge is 0.466 e. The Morgan fingerprint density at radius 2 is 0.588 bits per heavy atom. The fraction of sp³-hybridized carbons (Fsp3) is 0.919. The van der Waals surface area contributed by atoms with Crippen molar-refractivity contribution in [3.05, 3.63) is 24.3 Å². The summed E-state index contributed by atoms with van der Waals surface area (Å²) in [6.07, 6.45) is 88.5. The van der Waals surface area contributed by atoms with E-state index in [-0.39, 0.29) is 18.5 Å². The molecule has 0 aliphatic heterocycles. The van der Waals surface area contributed by atoms with Gasteiger partial charge in [0.2, 0.25) is 5.91 Å². The van der Waals surface area contributed by atoms with Crippen LogP contribution in [0, 0.1) is 0 Å². The molecule has 3 N–H and O–H groups in total. The first-order valence-electron chi connectivity index (χ1n) is 36.6. The highest BCUT2D eigenvalue weighted by Crippen LogP contribution is 2.19. The summed E-state index contributed by atoms with van der Waals surface area (Å²) in [7, 11) is 0. The molecule has 0 fully saturated rings. The number of carbonyl (C=O) groups is 2. The van der Waals surface area contributed by atoms with Crippen molar-refractivity contribution < 1.29 is 24.5 Å². The summed E-state index contributed by atoms with van der Waals surface area (Å²) in [5.41, 5.74) is 0. The molecule has 2 unspecified atom stereocenters. The van der Waals surface area contributed by atoms with E-state index in [4.69, 9.17) is 4.74 Å². The summed E-state index contributed by atoms with van der Waals surface area (Å²) in [6, 6.07) is -0.625. The highest BCUT2D eigenvalue weighted by molar-refractivity contribution is 5.76. The minimum Gasteiger partial charge on any atom is -0.466 e. The number of nitrogens with one attached hydrogen (secondary N) is 1. The maximum atomic E-state index is 12.5. The third kappa shape index (κ3) is 65.5. The molecule has 0 heterocycles. The van der Waals surface area contributed by atoms with E-state index in [0.29, 0.717) is 19.4 Å². The van der Waals surface area contributed by atoms with Crippen LogP contribution in [0.4, 0.5) is 0 Å². The fourth-order valence-electron chi connectivity index (χ4n) is 11.6. The average Bonchev–Trinajstić information content (AvgIpc) is 3.46. The molecule has 2 atom stereocenters. The molecule has 80 heavy (non-hydrogen) atoms. The van der Waals surface area contributed by atoms with Crippen LogP contribution in [0.1, 0.15) is 412 Å². The Balaban J connectivity index is 3.34. The Hall–Kier alpha value is -1.66. The Labute approximate surface area is 501 Å². The Morgan fingerprint density at radius 3 is 0.887 bits per heavy atom. The number of carbonyl (C=O) groups excluding carboxylic acids is 2. The summed E-state index contributed by atoms with van der Waals surface area (Å²) < 4.78 is 5.52. The molecule has 0 saturated heterocycles. The molecule has 0 aliphatic carbocycles. The van der Waals surface area contributed by atoms with Crippen LogP contribution in [0.2, 0.25) is 0 Å². The Bertz CT molecular complexity index is 1250. The van der Waals surface area contributed by atoms with E-state index in [0.717, 1.165) is 38.5 Å². The zero-order valence-electron chi connectivity index (χ0n) is 54.3. The first-order valence-corrected chi connectivity index (χ1v) is 36.6. The van der Waals surface area contributed by atoms with Gasteiger partial charge in [0.1, 0.15) is 0 Å². The predicted molar refractivity (Wildman–Crippen MR) is 352 cm³/mol. The zero-order valence-corrected chi connectivity index (χ0v) is 54.3. The smallest absolute Gasteiger partial charge is 0.305 e. The number of rotatable bonds is 69. The second-order valence-corrected chi connectivity index (χ2v) is 25.3. The monoisotopic (exact) mass is 1130 g/mol. The predicted octanol–water partition coefficient (Wildman–Crippen LogP) is 23.7. The van der Waals surface area contributed by atoms with Crippen molar-refractivity contribution in [2.75, 3.05) is 13.2 Å². The minimum absolute atomic E-state index is 0.0229. The molecular formula is C74H143NO5. The number of unbranched alkanes of at least 4 members (excludes halogenated alkanes) is 56. The third-order valence-electron chi connectivity index (χ3n) is 17.2. The van der Waals surface area contributed by atoms with Crippen molar-refractivity contribution in [3.63, 3.8) is 0 Å². The number of allylic oxidation sites excluding steroid dienone is 3. The molecule has 0 aromatic rings. The standard InChI is InChI=1S/C74H143NO5/c1-3-5-7-9-11-13-15-17-18-19-33-37-40-44-48-52-56-60-64-68-74(79)80-69-65-61-57-53-49-45-41-38-35-32-30-28-26-24-22-20-21-23-25-27-29-31-34-36-39-43-47-51-55-59-63-67-73(78)75-71(70-76)72(77)66-62-58-54-50-46-42-16-14-12-10-8-6-4-2/h22,24,62,66,71-72,76-77H,3-21,23,25-61,63-65,67-70H2,1-2H3,(H,75,78)/b24-22-,66-62+. The van der Waals surface area contributed by atoms with E-state index in [1.807, 2.05) is 6.08 Å². The van der Waals surface area contributed by atoms with Gasteiger partial charge in [0, 0.05) is 12.8 Å². The summed E-state index contributed by atoms with van der Waals surface area (Å²) in [4.78, 5) is 24.6. The maximum absolute atomic E-state index is 12.5. The van der Waals surface area contributed by atoms with Gasteiger partial charge in [0.05, 0.1) is 25.4 Å². The molecule has 0 aromatic carbocycles. The normalized spacial score (nSPS) is 12.6. The zero-order chi connectivity index (χ0) is 57.8. The van der Waals surface area contributed by atoms with Crippen molar-refractivity contribution in [2.24, 2.45) is 0 Å². The van der Waals surface area contributed by atoms with E-state index in [1.165, 1.54) is 347 Å². The number of hydrogen-bond acceptors (Lipinski definition) is 5. The van der Waals surface area contributed by atoms with Crippen LogP contribution >= 0.6 is 0 Å². The number of ether oxygens (including phenoxy) is 1.